The van der Waals surface area contributed by atoms with Crippen LogP contribution in [0, 0.1) is 0 Å². The molecule has 0 radical (unpaired) electrons. The Morgan fingerprint density at radius 1 is 0.309 bits per heavy atom. The molecule has 0 bridgehead atoms. The monoisotopic (exact) mass is 941 g/mol. The summed E-state index contributed by atoms with van der Waals surface area (Å²) in [6, 6.07) is 0. The third-order valence-electron chi connectivity index (χ3n) is 11.2. The lowest BCUT2D eigenvalue weighted by atomic mass is 10.0. The standard InChI is InChI=1S/C62H100O6/c1-4-7-10-13-16-19-22-25-28-30-31-32-35-37-40-43-46-49-52-55-61(64)67-58-59(57-66-60(63)54-51-48-45-42-39-36-33-27-24-21-18-15-12-9-6-3)68-62(65)56-53-50-47-44-41-38-34-29-26-23-20-17-14-11-8-5-2/h7-8,10-11,16-17,19-20,25-26,28-29,31-32,37-38,40-41,46,49,59H,4-6,9,12-15,18,21-24,27,30,33-36,39,42-45,47-48,50-58H2,1-3H3/b10-7-,11-8-,19-16-,20-17-,28-25-,29-26-,32-31-,40-37-,41-38-,49-46-. The molecule has 6 heteroatoms. The van der Waals surface area contributed by atoms with E-state index in [4.69, 9.17) is 14.2 Å². The molecule has 0 aliphatic heterocycles. The molecule has 0 aliphatic rings. The fourth-order valence-corrected chi connectivity index (χ4v) is 7.16. The van der Waals surface area contributed by atoms with Gasteiger partial charge in [0.2, 0.25) is 0 Å². The van der Waals surface area contributed by atoms with Crippen LogP contribution in [0.5, 0.6) is 0 Å². The van der Waals surface area contributed by atoms with Gasteiger partial charge in [0, 0.05) is 19.3 Å². The minimum Gasteiger partial charge on any atom is -0.462 e. The van der Waals surface area contributed by atoms with E-state index in [1.54, 1.807) is 0 Å². The first kappa shape index (κ1) is 63.8. The first-order valence-electron chi connectivity index (χ1n) is 27.5. The molecule has 0 N–H and O–H groups in total. The summed E-state index contributed by atoms with van der Waals surface area (Å²) in [7, 11) is 0. The molecule has 0 aromatic carbocycles. The number of allylic oxidation sites excluding steroid dienone is 20. The zero-order valence-corrected chi connectivity index (χ0v) is 43.8. The highest BCUT2D eigenvalue weighted by molar-refractivity contribution is 5.71. The minimum absolute atomic E-state index is 0.116. The predicted octanol–water partition coefficient (Wildman–Crippen LogP) is 18.5. The highest BCUT2D eigenvalue weighted by Gasteiger charge is 2.19. The third kappa shape index (κ3) is 52.8. The number of carbonyl (C=O) groups excluding carboxylic acids is 3. The molecule has 68 heavy (non-hydrogen) atoms. The molecular weight excluding hydrogens is 841 g/mol. The molecule has 1 unspecified atom stereocenters. The lowest BCUT2D eigenvalue weighted by Crippen LogP contribution is -2.30. The van der Waals surface area contributed by atoms with Crippen LogP contribution < -0.4 is 0 Å². The van der Waals surface area contributed by atoms with Crippen LogP contribution in [0.1, 0.15) is 233 Å². The van der Waals surface area contributed by atoms with Crippen molar-refractivity contribution in [2.45, 2.75) is 239 Å². The van der Waals surface area contributed by atoms with Crippen LogP contribution in [0.4, 0.5) is 0 Å². The maximum Gasteiger partial charge on any atom is 0.306 e. The van der Waals surface area contributed by atoms with E-state index in [0.717, 1.165) is 103 Å². The van der Waals surface area contributed by atoms with E-state index in [1.165, 1.54) is 77.0 Å². The van der Waals surface area contributed by atoms with E-state index in [1.807, 2.05) is 12.2 Å². The normalized spacial score (nSPS) is 13.0. The predicted molar refractivity (Wildman–Crippen MR) is 293 cm³/mol. The van der Waals surface area contributed by atoms with Gasteiger partial charge in [0.05, 0.1) is 0 Å². The van der Waals surface area contributed by atoms with Crippen molar-refractivity contribution >= 4 is 17.9 Å². The molecule has 0 aromatic rings. The molecule has 6 nitrogen and oxygen atoms in total. The molecule has 0 amide bonds. The van der Waals surface area contributed by atoms with Crippen LogP contribution in [-0.2, 0) is 28.6 Å². The Hall–Kier alpha value is -4.19. The van der Waals surface area contributed by atoms with Crippen molar-refractivity contribution < 1.29 is 28.6 Å². The fraction of sp³-hybridized carbons (Fsp3) is 0.629. The summed E-state index contributed by atoms with van der Waals surface area (Å²) < 4.78 is 16.7. The van der Waals surface area contributed by atoms with Crippen molar-refractivity contribution in [3.63, 3.8) is 0 Å². The Bertz CT molecular complexity index is 1450. The molecule has 0 heterocycles. The first-order valence-corrected chi connectivity index (χ1v) is 27.5. The summed E-state index contributed by atoms with van der Waals surface area (Å²) >= 11 is 0. The summed E-state index contributed by atoms with van der Waals surface area (Å²) in [5, 5.41) is 0. The average Bonchev–Trinajstić information content (AvgIpc) is 3.34. The van der Waals surface area contributed by atoms with Gasteiger partial charge in [-0.15, -0.1) is 0 Å². The van der Waals surface area contributed by atoms with Gasteiger partial charge in [0.1, 0.15) is 13.2 Å². The van der Waals surface area contributed by atoms with Crippen LogP contribution in [0.25, 0.3) is 0 Å². The molecule has 0 saturated heterocycles. The largest absolute Gasteiger partial charge is 0.462 e. The molecule has 0 rings (SSSR count). The van der Waals surface area contributed by atoms with Crippen LogP contribution in [0.3, 0.4) is 0 Å². The first-order chi connectivity index (χ1) is 33.5. The van der Waals surface area contributed by atoms with E-state index < -0.39 is 6.10 Å². The Kier molecular flexibility index (Phi) is 52.0. The van der Waals surface area contributed by atoms with Crippen molar-refractivity contribution in [1.29, 1.82) is 0 Å². The van der Waals surface area contributed by atoms with Gasteiger partial charge in [-0.1, -0.05) is 239 Å². The van der Waals surface area contributed by atoms with Crippen molar-refractivity contribution in [3.8, 4) is 0 Å². The van der Waals surface area contributed by atoms with Crippen LogP contribution >= 0.6 is 0 Å². The summed E-state index contributed by atoms with van der Waals surface area (Å²) in [5.74, 6) is -1.04. The van der Waals surface area contributed by atoms with E-state index in [2.05, 4.69) is 130 Å². The molecule has 0 aliphatic carbocycles. The maximum atomic E-state index is 12.8. The lowest BCUT2D eigenvalue weighted by Gasteiger charge is -2.18. The van der Waals surface area contributed by atoms with E-state index >= 15 is 0 Å². The van der Waals surface area contributed by atoms with Gasteiger partial charge in [-0.05, 0) is 96.3 Å². The topological polar surface area (TPSA) is 78.9 Å². The molecule has 0 fully saturated rings. The molecule has 384 valence electrons. The molecule has 1 atom stereocenters. The molecule has 0 spiro atoms. The molecule has 0 aromatic heterocycles. The SMILES string of the molecule is CC/C=C\C/C=C\C/C=C\C/C=C\C/C=C\C/C=C\CCC(=O)OCC(COC(=O)CCCCCCCCCCCCCCCCC)OC(=O)CCCCC/C=C\C/C=C\C/C=C\C/C=C\CC. The van der Waals surface area contributed by atoms with E-state index in [-0.39, 0.29) is 44.0 Å². The molecular formula is C62H100O6. The highest BCUT2D eigenvalue weighted by Crippen LogP contribution is 2.15. The summed E-state index contributed by atoms with van der Waals surface area (Å²) in [6.07, 6.45) is 76.2. The van der Waals surface area contributed by atoms with Crippen molar-refractivity contribution in [2.24, 2.45) is 0 Å². The fourth-order valence-electron chi connectivity index (χ4n) is 7.16. The van der Waals surface area contributed by atoms with Crippen molar-refractivity contribution in [3.05, 3.63) is 122 Å². The van der Waals surface area contributed by atoms with Crippen LogP contribution in [-0.4, -0.2) is 37.2 Å². The highest BCUT2D eigenvalue weighted by atomic mass is 16.6. The number of unbranched alkanes of at least 4 members (excludes halogenated alkanes) is 17. The number of rotatable bonds is 48. The second-order valence-electron chi connectivity index (χ2n) is 17.7. The van der Waals surface area contributed by atoms with Gasteiger partial charge in [-0.3, -0.25) is 14.4 Å². The Labute approximate surface area is 418 Å². The minimum atomic E-state index is -0.827. The Morgan fingerprint density at radius 3 is 0.985 bits per heavy atom. The van der Waals surface area contributed by atoms with Crippen molar-refractivity contribution in [1.82, 2.24) is 0 Å². The summed E-state index contributed by atoms with van der Waals surface area (Å²) in [6.45, 7) is 6.32. The quantitative estimate of drug-likeness (QED) is 0.0262. The Balaban J connectivity index is 4.56. The van der Waals surface area contributed by atoms with Gasteiger partial charge < -0.3 is 14.2 Å². The number of hydrogen-bond donors (Lipinski definition) is 0. The van der Waals surface area contributed by atoms with Crippen LogP contribution in [0.15, 0.2) is 122 Å². The lowest BCUT2D eigenvalue weighted by molar-refractivity contribution is -0.166. The number of esters is 3. The molecule has 0 saturated carbocycles. The summed E-state index contributed by atoms with van der Waals surface area (Å²) in [5.41, 5.74) is 0. The van der Waals surface area contributed by atoms with Gasteiger partial charge >= 0.3 is 17.9 Å². The second kappa shape index (κ2) is 55.4. The third-order valence-corrected chi connectivity index (χ3v) is 11.2. The smallest absolute Gasteiger partial charge is 0.306 e. The zero-order valence-electron chi connectivity index (χ0n) is 43.8. The maximum absolute atomic E-state index is 12.8. The number of hydrogen-bond acceptors (Lipinski definition) is 6. The van der Waals surface area contributed by atoms with E-state index in [0.29, 0.717) is 19.3 Å². The second-order valence-corrected chi connectivity index (χ2v) is 17.7. The number of carbonyl (C=O) groups is 3. The van der Waals surface area contributed by atoms with E-state index in [9.17, 15) is 14.4 Å². The Morgan fingerprint density at radius 2 is 0.603 bits per heavy atom. The average molecular weight is 941 g/mol. The van der Waals surface area contributed by atoms with Gasteiger partial charge in [0.15, 0.2) is 6.10 Å². The van der Waals surface area contributed by atoms with Gasteiger partial charge in [-0.2, -0.15) is 0 Å². The summed E-state index contributed by atoms with van der Waals surface area (Å²) in [4.78, 5) is 38.1. The van der Waals surface area contributed by atoms with Crippen molar-refractivity contribution in [2.75, 3.05) is 13.2 Å². The van der Waals surface area contributed by atoms with Gasteiger partial charge in [0.25, 0.3) is 0 Å². The zero-order chi connectivity index (χ0) is 49.3. The van der Waals surface area contributed by atoms with Gasteiger partial charge in [-0.25, -0.2) is 0 Å². The van der Waals surface area contributed by atoms with Crippen LogP contribution in [0.2, 0.25) is 0 Å². The number of ether oxygens (including phenoxy) is 3.